The number of rotatable bonds is 7. The number of aliphatic hydroxyl groups excluding tert-OH is 1. The van der Waals surface area contributed by atoms with Crippen molar-refractivity contribution >= 4 is 11.7 Å². The van der Waals surface area contributed by atoms with Crippen LogP contribution in [-0.2, 0) is 7.05 Å². The minimum absolute atomic E-state index is 0.0103. The molecule has 0 saturated heterocycles. The summed E-state index contributed by atoms with van der Waals surface area (Å²) in [7, 11) is 3.32. The molecule has 0 aliphatic rings. The van der Waals surface area contributed by atoms with Gasteiger partial charge in [0.05, 0.1) is 0 Å². The zero-order chi connectivity index (χ0) is 16.8. The molecule has 124 valence electrons. The van der Waals surface area contributed by atoms with Crippen LogP contribution >= 0.6 is 0 Å². The van der Waals surface area contributed by atoms with E-state index in [2.05, 4.69) is 15.6 Å². The molecule has 1 amide bonds. The summed E-state index contributed by atoms with van der Waals surface area (Å²) in [6.45, 7) is 0.378. The quantitative estimate of drug-likeness (QED) is 0.568. The number of carbonyl (C=O) groups is 1. The van der Waals surface area contributed by atoms with E-state index in [4.69, 9.17) is 9.84 Å². The fourth-order valence-corrected chi connectivity index (χ4v) is 2.02. The molecule has 4 N–H and O–H groups in total. The Morgan fingerprint density at radius 1 is 1.43 bits per heavy atom. The molecule has 1 heterocycles. The summed E-state index contributed by atoms with van der Waals surface area (Å²) in [5, 5.41) is 23.8. The Hall–Kier alpha value is -2.74. The normalized spacial score (nSPS) is 10.4. The monoisotopic (exact) mass is 320 g/mol. The number of amides is 1. The van der Waals surface area contributed by atoms with Gasteiger partial charge in [0.2, 0.25) is 0 Å². The predicted octanol–water partition coefficient (Wildman–Crippen LogP) is 1.07. The molecule has 0 atom stereocenters. The van der Waals surface area contributed by atoms with E-state index in [0.29, 0.717) is 30.2 Å². The third-order valence-corrected chi connectivity index (χ3v) is 3.15. The van der Waals surface area contributed by atoms with Crippen LogP contribution in [-0.4, -0.2) is 45.9 Å². The van der Waals surface area contributed by atoms with Crippen LogP contribution in [0.2, 0.25) is 0 Å². The van der Waals surface area contributed by atoms with Crippen molar-refractivity contribution in [3.8, 4) is 17.5 Å². The average molecular weight is 320 g/mol. The van der Waals surface area contributed by atoms with Crippen molar-refractivity contribution in [2.24, 2.45) is 7.05 Å². The Labute approximate surface area is 133 Å². The second-order valence-electron chi connectivity index (χ2n) is 4.83. The molecule has 0 bridgehead atoms. The maximum absolute atomic E-state index is 12.3. The van der Waals surface area contributed by atoms with Gasteiger partial charge in [0.25, 0.3) is 5.91 Å². The summed E-state index contributed by atoms with van der Waals surface area (Å²) in [6.07, 6.45) is 0.477. The molecule has 0 aliphatic carbocycles. The lowest BCUT2D eigenvalue weighted by Gasteiger charge is -2.08. The molecule has 0 radical (unpaired) electrons. The van der Waals surface area contributed by atoms with Gasteiger partial charge in [-0.25, -0.2) is 0 Å². The van der Waals surface area contributed by atoms with Gasteiger partial charge in [-0.05, 0) is 18.6 Å². The molecule has 0 unspecified atom stereocenters. The van der Waals surface area contributed by atoms with E-state index in [9.17, 15) is 9.90 Å². The second kappa shape index (κ2) is 7.50. The van der Waals surface area contributed by atoms with E-state index in [-0.39, 0.29) is 24.3 Å². The van der Waals surface area contributed by atoms with Gasteiger partial charge >= 0.3 is 6.01 Å². The number of aromatic nitrogens is 2. The van der Waals surface area contributed by atoms with Gasteiger partial charge in [-0.15, -0.1) is 0 Å². The van der Waals surface area contributed by atoms with E-state index in [1.807, 2.05) is 0 Å². The number of phenolic OH excluding ortho intramolecular Hbond substituents is 1. The molecule has 2 rings (SSSR count). The summed E-state index contributed by atoms with van der Waals surface area (Å²) < 4.78 is 7.14. The lowest BCUT2D eigenvalue weighted by atomic mass is 10.3. The molecule has 1 aromatic carbocycles. The number of ether oxygens (including phenoxy) is 1. The van der Waals surface area contributed by atoms with Crippen LogP contribution in [0.15, 0.2) is 24.3 Å². The summed E-state index contributed by atoms with van der Waals surface area (Å²) >= 11 is 0. The van der Waals surface area contributed by atoms with Crippen LogP contribution in [0.25, 0.3) is 0 Å². The third kappa shape index (κ3) is 3.92. The number of anilines is 1. The number of imidazole rings is 1. The van der Waals surface area contributed by atoms with Crippen molar-refractivity contribution < 1.29 is 19.7 Å². The number of carbonyl (C=O) groups excluding carboxylic acids is 1. The van der Waals surface area contributed by atoms with Gasteiger partial charge in [-0.2, -0.15) is 4.98 Å². The van der Waals surface area contributed by atoms with Crippen molar-refractivity contribution in [3.63, 3.8) is 0 Å². The number of aliphatic hydroxyl groups is 1. The van der Waals surface area contributed by atoms with Crippen molar-refractivity contribution in [2.75, 3.05) is 25.5 Å². The standard InChI is InChI=1S/C15H20N4O4/c1-16-13-12(14(22)17-7-4-8-20)19(2)15(18-13)23-11-6-3-5-10(21)9-11/h3,5-6,9,16,20-21H,4,7-8H2,1-2H3,(H,17,22). The number of nitrogens with zero attached hydrogens (tertiary/aromatic N) is 2. The van der Waals surface area contributed by atoms with E-state index in [1.165, 1.54) is 16.7 Å². The highest BCUT2D eigenvalue weighted by Crippen LogP contribution is 2.27. The Balaban J connectivity index is 2.23. The van der Waals surface area contributed by atoms with E-state index in [0.717, 1.165) is 0 Å². The molecular weight excluding hydrogens is 300 g/mol. The van der Waals surface area contributed by atoms with Crippen molar-refractivity contribution in [1.29, 1.82) is 0 Å². The molecule has 23 heavy (non-hydrogen) atoms. The minimum atomic E-state index is -0.316. The zero-order valence-electron chi connectivity index (χ0n) is 13.0. The highest BCUT2D eigenvalue weighted by atomic mass is 16.5. The maximum atomic E-state index is 12.3. The van der Waals surface area contributed by atoms with Gasteiger partial charge in [-0.1, -0.05) is 6.07 Å². The second-order valence-corrected chi connectivity index (χ2v) is 4.83. The van der Waals surface area contributed by atoms with Gasteiger partial charge in [-0.3, -0.25) is 9.36 Å². The summed E-state index contributed by atoms with van der Waals surface area (Å²) in [5.41, 5.74) is 0.320. The Bertz CT molecular complexity index is 684. The number of hydrogen-bond donors (Lipinski definition) is 4. The van der Waals surface area contributed by atoms with E-state index >= 15 is 0 Å². The molecule has 0 saturated carbocycles. The fourth-order valence-electron chi connectivity index (χ4n) is 2.02. The highest BCUT2D eigenvalue weighted by Gasteiger charge is 2.21. The van der Waals surface area contributed by atoms with Crippen LogP contribution in [0.3, 0.4) is 0 Å². The molecule has 1 aromatic heterocycles. The Morgan fingerprint density at radius 3 is 2.87 bits per heavy atom. The molecule has 0 aliphatic heterocycles. The van der Waals surface area contributed by atoms with E-state index in [1.54, 1.807) is 26.2 Å². The Morgan fingerprint density at radius 2 is 2.22 bits per heavy atom. The average Bonchev–Trinajstić information content (AvgIpc) is 2.84. The highest BCUT2D eigenvalue weighted by molar-refractivity contribution is 5.97. The summed E-state index contributed by atoms with van der Waals surface area (Å²) in [6, 6.07) is 6.52. The fraction of sp³-hybridized carbons (Fsp3) is 0.333. The first-order chi connectivity index (χ1) is 11.1. The molecular formula is C15H20N4O4. The molecule has 0 spiro atoms. The molecule has 8 nitrogen and oxygen atoms in total. The summed E-state index contributed by atoms with van der Waals surface area (Å²) in [5.74, 6) is 0.549. The molecule has 8 heteroatoms. The first kappa shape index (κ1) is 16.6. The smallest absolute Gasteiger partial charge is 0.304 e. The first-order valence-corrected chi connectivity index (χ1v) is 7.17. The molecule has 2 aromatic rings. The predicted molar refractivity (Wildman–Crippen MR) is 85.0 cm³/mol. The maximum Gasteiger partial charge on any atom is 0.304 e. The topological polar surface area (TPSA) is 109 Å². The van der Waals surface area contributed by atoms with Crippen molar-refractivity contribution in [3.05, 3.63) is 30.0 Å². The van der Waals surface area contributed by atoms with Gasteiger partial charge in [0.15, 0.2) is 11.5 Å². The number of nitrogens with one attached hydrogen (secondary N) is 2. The number of aromatic hydroxyl groups is 1. The van der Waals surface area contributed by atoms with Crippen LogP contribution in [0, 0.1) is 0 Å². The molecule has 0 fully saturated rings. The minimum Gasteiger partial charge on any atom is -0.508 e. The Kier molecular flexibility index (Phi) is 5.42. The van der Waals surface area contributed by atoms with Crippen LogP contribution < -0.4 is 15.4 Å². The lowest BCUT2D eigenvalue weighted by molar-refractivity contribution is 0.0943. The number of phenols is 1. The number of benzene rings is 1. The van der Waals surface area contributed by atoms with Crippen LogP contribution in [0.4, 0.5) is 5.82 Å². The van der Waals surface area contributed by atoms with Crippen LogP contribution in [0.1, 0.15) is 16.9 Å². The third-order valence-electron chi connectivity index (χ3n) is 3.15. The van der Waals surface area contributed by atoms with E-state index < -0.39 is 0 Å². The number of hydrogen-bond acceptors (Lipinski definition) is 6. The van der Waals surface area contributed by atoms with Crippen molar-refractivity contribution in [1.82, 2.24) is 14.9 Å². The summed E-state index contributed by atoms with van der Waals surface area (Å²) in [4.78, 5) is 16.5. The van der Waals surface area contributed by atoms with Gasteiger partial charge in [0, 0.05) is 33.3 Å². The largest absolute Gasteiger partial charge is 0.508 e. The SMILES string of the molecule is CNc1nc(Oc2cccc(O)c2)n(C)c1C(=O)NCCCO. The van der Waals surface area contributed by atoms with Gasteiger partial charge < -0.3 is 25.6 Å². The van der Waals surface area contributed by atoms with Gasteiger partial charge in [0.1, 0.15) is 11.5 Å². The lowest BCUT2D eigenvalue weighted by Crippen LogP contribution is -2.27. The van der Waals surface area contributed by atoms with Crippen LogP contribution in [0.5, 0.6) is 17.5 Å². The van der Waals surface area contributed by atoms with Crippen molar-refractivity contribution in [2.45, 2.75) is 6.42 Å². The zero-order valence-corrected chi connectivity index (χ0v) is 13.0. The first-order valence-electron chi connectivity index (χ1n) is 7.17.